The first-order valence-electron chi connectivity index (χ1n) is 27.9. The molecule has 21 nitrogen and oxygen atoms in total. The summed E-state index contributed by atoms with van der Waals surface area (Å²) in [7, 11) is 0. The van der Waals surface area contributed by atoms with E-state index in [0.29, 0.717) is 70.1 Å². The molecular weight excluding hydrogens is 1000 g/mol. The van der Waals surface area contributed by atoms with Crippen LogP contribution in [0.3, 0.4) is 0 Å². The van der Waals surface area contributed by atoms with Crippen LogP contribution in [-0.2, 0) is 57.3 Å². The van der Waals surface area contributed by atoms with Crippen molar-refractivity contribution in [2.45, 2.75) is 191 Å². The van der Waals surface area contributed by atoms with Gasteiger partial charge in [-0.05, 0) is 121 Å². The van der Waals surface area contributed by atoms with Crippen LogP contribution in [0.5, 0.6) is 0 Å². The maximum atomic E-state index is 12.4. The van der Waals surface area contributed by atoms with E-state index >= 15 is 0 Å². The number of carbonyl (C=O) groups is 8. The van der Waals surface area contributed by atoms with Gasteiger partial charge in [0.25, 0.3) is 0 Å². The van der Waals surface area contributed by atoms with Gasteiger partial charge in [-0.3, -0.25) is 28.8 Å². The highest BCUT2D eigenvalue weighted by Gasteiger charge is 2.52. The summed E-state index contributed by atoms with van der Waals surface area (Å²) in [4.78, 5) is 95.5. The molecular formula is C56H104N4O17. The molecule has 0 aromatic carbocycles. The highest BCUT2D eigenvalue weighted by Crippen LogP contribution is 2.29. The van der Waals surface area contributed by atoms with Crippen LogP contribution in [-0.4, -0.2) is 162 Å². The van der Waals surface area contributed by atoms with Gasteiger partial charge in [0.15, 0.2) is 36.0 Å². The van der Waals surface area contributed by atoms with Gasteiger partial charge >= 0.3 is 17.9 Å². The number of aliphatic carboxylic acids is 1. The predicted molar refractivity (Wildman–Crippen MR) is 292 cm³/mol. The third-order valence-corrected chi connectivity index (χ3v) is 12.2. The number of aliphatic hydroxyl groups excluding tert-OH is 4. The molecule has 0 spiro atoms. The van der Waals surface area contributed by atoms with E-state index in [-0.39, 0.29) is 123 Å². The summed E-state index contributed by atoms with van der Waals surface area (Å²) in [5.74, 6) is -2.73. The van der Waals surface area contributed by atoms with Crippen LogP contribution < -0.4 is 21.7 Å². The maximum absolute atomic E-state index is 12.4. The van der Waals surface area contributed by atoms with Crippen molar-refractivity contribution in [1.29, 1.82) is 0 Å². The summed E-state index contributed by atoms with van der Waals surface area (Å²) in [6.45, 7) is 29.7. The van der Waals surface area contributed by atoms with Crippen molar-refractivity contribution in [3.8, 4) is 0 Å². The first kappa shape index (κ1) is 75.0. The number of amides is 3. The van der Waals surface area contributed by atoms with Crippen molar-refractivity contribution in [2.24, 2.45) is 64.9 Å². The molecule has 11 atom stereocenters. The number of carboxylic acids is 1. The Morgan fingerprint density at radius 3 is 1.12 bits per heavy atom. The van der Waals surface area contributed by atoms with Crippen LogP contribution in [0.1, 0.15) is 161 Å². The Morgan fingerprint density at radius 1 is 0.519 bits per heavy atom. The molecule has 3 amide bonds. The predicted octanol–water partition coefficient (Wildman–Crippen LogP) is 4.15. The van der Waals surface area contributed by atoms with Crippen molar-refractivity contribution in [2.75, 3.05) is 59.2 Å². The Balaban J connectivity index is 0. The van der Waals surface area contributed by atoms with Crippen molar-refractivity contribution < 1.29 is 82.8 Å². The largest absolute Gasteiger partial charge is 0.479 e. The van der Waals surface area contributed by atoms with Gasteiger partial charge < -0.3 is 66.2 Å². The van der Waals surface area contributed by atoms with Crippen LogP contribution in [0.25, 0.3) is 0 Å². The zero-order valence-electron chi connectivity index (χ0n) is 49.2. The monoisotopic (exact) mass is 1100 g/mol. The highest BCUT2D eigenvalue weighted by molar-refractivity contribution is 5.97. The molecule has 10 N–H and O–H groups in total. The second-order valence-corrected chi connectivity index (χ2v) is 23.1. The Kier molecular flexibility index (Phi) is 39.9. The fourth-order valence-corrected chi connectivity index (χ4v) is 7.57. The van der Waals surface area contributed by atoms with E-state index < -0.39 is 53.8 Å². The number of carboxylic acid groups (broad SMARTS) is 1. The van der Waals surface area contributed by atoms with Gasteiger partial charge in [0, 0.05) is 76.7 Å². The quantitative estimate of drug-likeness (QED) is 0.0318. The van der Waals surface area contributed by atoms with E-state index in [1.807, 2.05) is 90.0 Å². The molecule has 4 unspecified atom stereocenters. The summed E-state index contributed by atoms with van der Waals surface area (Å²) < 4.78 is 20.1. The van der Waals surface area contributed by atoms with E-state index in [1.54, 1.807) is 6.92 Å². The second-order valence-electron chi connectivity index (χ2n) is 23.1. The summed E-state index contributed by atoms with van der Waals surface area (Å²) in [5.41, 5.74) is 4.66. The lowest BCUT2D eigenvalue weighted by atomic mass is 9.90. The third-order valence-electron chi connectivity index (χ3n) is 12.2. The summed E-state index contributed by atoms with van der Waals surface area (Å²) in [6.07, 6.45) is 1.38. The molecule has 77 heavy (non-hydrogen) atoms. The lowest BCUT2D eigenvalue weighted by molar-refractivity contribution is -0.157. The van der Waals surface area contributed by atoms with E-state index in [9.17, 15) is 38.4 Å². The number of ether oxygens (including phenoxy) is 4. The fraction of sp³-hybridized carbons (Fsp3) is 0.857. The molecule has 2 rings (SSSR count). The fourth-order valence-electron chi connectivity index (χ4n) is 7.57. The third kappa shape index (κ3) is 37.4. The molecule has 0 aromatic heterocycles. The minimum atomic E-state index is -1.15. The molecule has 2 saturated heterocycles. The Labute approximate surface area is 460 Å². The van der Waals surface area contributed by atoms with Crippen molar-refractivity contribution in [1.82, 2.24) is 16.0 Å². The zero-order valence-corrected chi connectivity index (χ0v) is 49.2. The number of esters is 2. The standard InChI is InChI=1S/C18H31NO6.C17H33NO4.C16H27NO6.C5H13NO/c1-5-24-18(23)16-15(25-16)14(21)9-13(8-11(2)3)17(22)19-7-6-12(4)10-20;1-12(2)9-14(10-15(20)22-17(4,5)6)16(21)18-8-7-13(3)11-19;1-9(2)6-11(15(20)17-5-4-10(3)8-18)7-12(19)13-14(23-13)16(21)22;1-5(4-7)2-3-6/h11-13,15-16,20H,5-10H2,1-4H3,(H,19,22);12-14,19H,7-11H2,1-6H3,(H,18,21);9-11,13-14,18H,4-8H2,1-3H3,(H,17,20)(H,21,22);5,7H,2-4,6H2,1H3/t12?,13-,15-,16+;13?,14-;10?,11-,13-,14+;/m111./s1. The van der Waals surface area contributed by atoms with E-state index in [0.717, 1.165) is 12.8 Å². The number of nitrogens with two attached hydrogens (primary N) is 1. The lowest BCUT2D eigenvalue weighted by Crippen LogP contribution is -2.35. The minimum absolute atomic E-state index is 0.00594. The zero-order chi connectivity index (χ0) is 59.6. The molecule has 0 bridgehead atoms. The summed E-state index contributed by atoms with van der Waals surface area (Å²) in [5, 5.41) is 52.6. The van der Waals surface area contributed by atoms with Gasteiger partial charge in [-0.15, -0.1) is 0 Å². The van der Waals surface area contributed by atoms with Crippen molar-refractivity contribution >= 4 is 47.2 Å². The number of nitrogens with one attached hydrogen (secondary N) is 3. The SMILES string of the molecule is CC(C)C[C@H](CC(=O)OC(C)(C)C)C(=O)NCCC(C)CO.CC(C)C[C@H](CC(=O)[C@H]1O[C@@H]1C(=O)O)C(=O)NCCC(C)CO.CC(CO)CCN.CCOC(=O)[C@H]1O[C@@H]1C(=O)C[C@@H](CC(C)C)C(=O)NCCC(C)CO. The van der Waals surface area contributed by atoms with Crippen LogP contribution in [0.4, 0.5) is 0 Å². The second kappa shape index (κ2) is 41.0. The molecule has 21 heteroatoms. The number of ketones is 2. The van der Waals surface area contributed by atoms with Crippen LogP contribution in [0.2, 0.25) is 0 Å². The van der Waals surface area contributed by atoms with E-state index in [1.165, 1.54) is 0 Å². The number of hydrogen-bond acceptors (Lipinski definition) is 17. The molecule has 0 aliphatic carbocycles. The van der Waals surface area contributed by atoms with Gasteiger partial charge in [0.05, 0.1) is 13.0 Å². The number of Topliss-reactive ketones (excluding diaryl/α,β-unsaturated/α-hetero) is 2. The molecule has 450 valence electrons. The Hall–Kier alpha value is -4.12. The molecule has 2 heterocycles. The topological polar surface area (TPSA) is 343 Å². The molecule has 2 fully saturated rings. The number of epoxide rings is 2. The minimum Gasteiger partial charge on any atom is -0.479 e. The van der Waals surface area contributed by atoms with Gasteiger partial charge in [-0.1, -0.05) is 69.2 Å². The van der Waals surface area contributed by atoms with Crippen molar-refractivity contribution in [3.05, 3.63) is 0 Å². The number of carbonyl (C=O) groups excluding carboxylic acids is 7. The number of hydrogen-bond donors (Lipinski definition) is 9. The Morgan fingerprint density at radius 2 is 0.844 bits per heavy atom. The molecule has 0 aromatic rings. The average Bonchev–Trinajstić information content (AvgIpc) is 4.28. The van der Waals surface area contributed by atoms with Gasteiger partial charge in [-0.2, -0.15) is 0 Å². The molecule has 2 aliphatic heterocycles. The lowest BCUT2D eigenvalue weighted by Gasteiger charge is -2.23. The number of aliphatic hydroxyl groups is 4. The van der Waals surface area contributed by atoms with Crippen LogP contribution in [0.15, 0.2) is 0 Å². The summed E-state index contributed by atoms with van der Waals surface area (Å²) in [6, 6.07) is 0. The first-order valence-corrected chi connectivity index (χ1v) is 27.9. The summed E-state index contributed by atoms with van der Waals surface area (Å²) >= 11 is 0. The van der Waals surface area contributed by atoms with E-state index in [4.69, 9.17) is 50.2 Å². The molecule has 2 aliphatic rings. The van der Waals surface area contributed by atoms with Crippen LogP contribution >= 0.6 is 0 Å². The highest BCUT2D eigenvalue weighted by atomic mass is 16.6. The Bertz CT molecular complexity index is 1720. The smallest absolute Gasteiger partial charge is 0.338 e. The van der Waals surface area contributed by atoms with Gasteiger partial charge in [0.2, 0.25) is 17.7 Å². The molecule has 0 radical (unpaired) electrons. The number of rotatable bonds is 35. The molecule has 0 saturated carbocycles. The van der Waals surface area contributed by atoms with Gasteiger partial charge in [0.1, 0.15) is 5.60 Å². The van der Waals surface area contributed by atoms with Crippen molar-refractivity contribution in [3.63, 3.8) is 0 Å². The first-order chi connectivity index (χ1) is 35.9. The van der Waals surface area contributed by atoms with Gasteiger partial charge in [-0.25, -0.2) is 9.59 Å². The normalized spacial score (nSPS) is 19.1. The van der Waals surface area contributed by atoms with E-state index in [2.05, 4.69) is 16.0 Å². The van der Waals surface area contributed by atoms with Crippen LogP contribution in [0, 0.1) is 59.2 Å². The average molecular weight is 1110 g/mol. The maximum Gasteiger partial charge on any atom is 0.338 e.